The molecule has 4 rings (SSSR count). The van der Waals surface area contributed by atoms with Gasteiger partial charge in [-0.2, -0.15) is 10.2 Å². The molecule has 0 saturated carbocycles. The summed E-state index contributed by atoms with van der Waals surface area (Å²) in [6.07, 6.45) is 3.73. The smallest absolute Gasteiger partial charge is 0.181 e. The van der Waals surface area contributed by atoms with E-state index in [1.807, 2.05) is 62.0 Å². The van der Waals surface area contributed by atoms with E-state index in [0.29, 0.717) is 25.0 Å². The molecule has 0 fully saturated rings. The predicted molar refractivity (Wildman–Crippen MR) is 109 cm³/mol. The first-order valence-corrected chi connectivity index (χ1v) is 9.34. The molecule has 144 valence electrons. The van der Waals surface area contributed by atoms with Crippen LogP contribution in [0.4, 0.5) is 0 Å². The van der Waals surface area contributed by atoms with Crippen molar-refractivity contribution in [1.29, 1.82) is 0 Å². The molecule has 0 aliphatic heterocycles. The number of H-pyrrole nitrogens is 1. The maximum absolute atomic E-state index is 7.47. The number of aromatic amines is 1. The van der Waals surface area contributed by atoms with Crippen molar-refractivity contribution in [2.24, 2.45) is 5.92 Å². The van der Waals surface area contributed by atoms with Crippen molar-refractivity contribution in [1.82, 2.24) is 29.9 Å². The Balaban J connectivity index is 1.67. The normalized spacial score (nSPS) is 13.1. The lowest BCUT2D eigenvalue weighted by Crippen LogP contribution is -2.05. The fourth-order valence-corrected chi connectivity index (χ4v) is 3.04. The van der Waals surface area contributed by atoms with Gasteiger partial charge >= 0.3 is 0 Å². The quantitative estimate of drug-likeness (QED) is 0.541. The highest BCUT2D eigenvalue weighted by atomic mass is 16.5. The third-order valence-electron chi connectivity index (χ3n) is 4.18. The number of fused-ring (bicyclic) bond motifs is 1. The topological polar surface area (TPSA) is 81.5 Å². The van der Waals surface area contributed by atoms with E-state index in [9.17, 15) is 0 Å². The molecule has 4 aromatic rings. The molecule has 1 N–H and O–H groups in total. The van der Waals surface area contributed by atoms with E-state index in [4.69, 9.17) is 11.1 Å². The molecule has 1 unspecified atom stereocenters. The molecule has 1 aromatic carbocycles. The molecule has 0 spiro atoms. The van der Waals surface area contributed by atoms with Crippen LogP contribution in [0.25, 0.3) is 33.8 Å². The number of hydrogen-bond acceptors (Lipinski definition) is 5. The summed E-state index contributed by atoms with van der Waals surface area (Å²) in [7, 11) is 0. The molecule has 28 heavy (non-hydrogen) atoms. The van der Waals surface area contributed by atoms with E-state index in [1.165, 1.54) is 0 Å². The number of aromatic nitrogens is 6. The highest BCUT2D eigenvalue weighted by molar-refractivity contribution is 5.92. The molecule has 0 amide bonds. The lowest BCUT2D eigenvalue weighted by molar-refractivity contribution is 0.243. The third kappa shape index (κ3) is 3.74. The van der Waals surface area contributed by atoms with E-state index in [0.717, 1.165) is 28.0 Å². The number of nitrogens with zero attached hydrogens (tertiary/aromatic N) is 5. The molecule has 3 heterocycles. The summed E-state index contributed by atoms with van der Waals surface area (Å²) >= 11 is 0. The van der Waals surface area contributed by atoms with Crippen LogP contribution in [0.15, 0.2) is 42.7 Å². The SMILES string of the molecule is [2H]CC(C)Cn1ccc(-c2ccnc(-c3n[nH]c4ccc(OC(C)C)cc34)n2)n1. The van der Waals surface area contributed by atoms with Crippen LogP contribution in [0, 0.1) is 5.92 Å². The molecule has 0 aliphatic rings. The summed E-state index contributed by atoms with van der Waals surface area (Å²) in [6, 6.07) is 9.60. The van der Waals surface area contributed by atoms with Gasteiger partial charge in [0, 0.05) is 25.7 Å². The Bertz CT molecular complexity index is 1120. The monoisotopic (exact) mass is 377 g/mol. The van der Waals surface area contributed by atoms with Crippen LogP contribution in [0.1, 0.15) is 29.0 Å². The van der Waals surface area contributed by atoms with Gasteiger partial charge in [0.05, 0.1) is 17.3 Å². The van der Waals surface area contributed by atoms with Crippen molar-refractivity contribution in [3.8, 4) is 28.7 Å². The molecule has 0 aliphatic carbocycles. The molecule has 7 heteroatoms. The van der Waals surface area contributed by atoms with Gasteiger partial charge in [-0.15, -0.1) is 0 Å². The van der Waals surface area contributed by atoms with Gasteiger partial charge in [0.15, 0.2) is 5.82 Å². The minimum absolute atomic E-state index is 0.0928. The van der Waals surface area contributed by atoms with Crippen LogP contribution in [-0.2, 0) is 6.54 Å². The summed E-state index contributed by atoms with van der Waals surface area (Å²) in [5, 5.41) is 13.0. The molecule has 3 aromatic heterocycles. The Hall–Kier alpha value is -3.22. The van der Waals surface area contributed by atoms with Gasteiger partial charge in [0.2, 0.25) is 0 Å². The second kappa shape index (κ2) is 7.42. The Labute approximate surface area is 165 Å². The van der Waals surface area contributed by atoms with Gasteiger partial charge < -0.3 is 4.74 Å². The minimum atomic E-state index is 0.0928. The van der Waals surface area contributed by atoms with Crippen LogP contribution in [0.3, 0.4) is 0 Å². The first kappa shape index (κ1) is 16.9. The summed E-state index contributed by atoms with van der Waals surface area (Å²) in [5.41, 5.74) is 3.09. The van der Waals surface area contributed by atoms with Crippen molar-refractivity contribution in [3.63, 3.8) is 0 Å². The maximum Gasteiger partial charge on any atom is 0.181 e. The first-order valence-electron chi connectivity index (χ1n) is 10.1. The lowest BCUT2D eigenvalue weighted by Gasteiger charge is -2.09. The molecular formula is C21H24N6O. The summed E-state index contributed by atoms with van der Waals surface area (Å²) in [4.78, 5) is 9.11. The van der Waals surface area contributed by atoms with Crippen molar-refractivity contribution in [2.75, 3.05) is 0 Å². The van der Waals surface area contributed by atoms with Crippen LogP contribution in [0.5, 0.6) is 5.75 Å². The average Bonchev–Trinajstić information content (AvgIpc) is 3.34. The largest absolute Gasteiger partial charge is 0.491 e. The van der Waals surface area contributed by atoms with Crippen molar-refractivity contribution < 1.29 is 6.11 Å². The van der Waals surface area contributed by atoms with Crippen LogP contribution in [-0.4, -0.2) is 36.0 Å². The predicted octanol–water partition coefficient (Wildman–Crippen LogP) is 4.33. The molecule has 1 atom stereocenters. The first-order chi connectivity index (χ1) is 14.0. The van der Waals surface area contributed by atoms with Crippen molar-refractivity contribution >= 4 is 10.9 Å². The number of nitrogens with one attached hydrogen (secondary N) is 1. The molecule has 0 radical (unpaired) electrons. The van der Waals surface area contributed by atoms with Crippen LogP contribution in [0.2, 0.25) is 0 Å². The zero-order valence-corrected chi connectivity index (χ0v) is 16.3. The van der Waals surface area contributed by atoms with Gasteiger partial charge in [-0.25, -0.2) is 9.97 Å². The minimum Gasteiger partial charge on any atom is -0.491 e. The average molecular weight is 377 g/mol. The van der Waals surface area contributed by atoms with Crippen molar-refractivity contribution in [3.05, 3.63) is 42.7 Å². The number of rotatable bonds is 6. The molecule has 0 saturated heterocycles. The van der Waals surface area contributed by atoms with E-state index in [2.05, 4.69) is 20.3 Å². The second-order valence-electron chi connectivity index (χ2n) is 7.24. The third-order valence-corrected chi connectivity index (χ3v) is 4.18. The van der Waals surface area contributed by atoms with E-state index in [-0.39, 0.29) is 12.0 Å². The Morgan fingerprint density at radius 2 is 2.07 bits per heavy atom. The van der Waals surface area contributed by atoms with Crippen LogP contribution >= 0.6 is 0 Å². The molecule has 7 nitrogen and oxygen atoms in total. The van der Waals surface area contributed by atoms with Gasteiger partial charge in [0.25, 0.3) is 0 Å². The Kier molecular flexibility index (Phi) is 4.48. The van der Waals surface area contributed by atoms with E-state index < -0.39 is 0 Å². The highest BCUT2D eigenvalue weighted by Crippen LogP contribution is 2.28. The number of benzene rings is 1. The van der Waals surface area contributed by atoms with Crippen LogP contribution < -0.4 is 4.74 Å². The summed E-state index contributed by atoms with van der Waals surface area (Å²) < 4.78 is 15.1. The second-order valence-corrected chi connectivity index (χ2v) is 7.24. The van der Waals surface area contributed by atoms with E-state index in [1.54, 1.807) is 6.20 Å². The lowest BCUT2D eigenvalue weighted by atomic mass is 10.2. The zero-order valence-electron chi connectivity index (χ0n) is 17.3. The zero-order chi connectivity index (χ0) is 20.4. The number of ether oxygens (including phenoxy) is 1. The van der Waals surface area contributed by atoms with E-state index >= 15 is 0 Å². The standard InChI is InChI=1S/C21H24N6O/c1-13(2)12-27-10-8-19(26-27)18-7-9-22-21(23-18)20-16-11-15(28-14(3)4)5-6-17(16)24-25-20/h5-11,13-14H,12H2,1-4H3,(H,24,25)/i1D. The van der Waals surface area contributed by atoms with Crippen molar-refractivity contribution in [2.45, 2.75) is 40.3 Å². The Morgan fingerprint density at radius 3 is 2.89 bits per heavy atom. The highest BCUT2D eigenvalue weighted by Gasteiger charge is 2.14. The maximum atomic E-state index is 7.47. The number of hydrogen-bond donors (Lipinski definition) is 1. The van der Waals surface area contributed by atoms with Gasteiger partial charge in [-0.3, -0.25) is 9.78 Å². The Morgan fingerprint density at radius 1 is 1.18 bits per heavy atom. The summed E-state index contributed by atoms with van der Waals surface area (Å²) in [6.45, 7) is 7.12. The fourth-order valence-electron chi connectivity index (χ4n) is 3.04. The van der Waals surface area contributed by atoms with Gasteiger partial charge in [-0.1, -0.05) is 13.8 Å². The fraction of sp³-hybridized carbons (Fsp3) is 0.333. The molecular weight excluding hydrogens is 352 g/mol. The van der Waals surface area contributed by atoms with Gasteiger partial charge in [-0.05, 0) is 50.1 Å². The summed E-state index contributed by atoms with van der Waals surface area (Å²) in [5.74, 6) is 1.57. The molecule has 0 bridgehead atoms. The van der Waals surface area contributed by atoms with Gasteiger partial charge in [0.1, 0.15) is 17.1 Å².